The van der Waals surface area contributed by atoms with Crippen molar-refractivity contribution >= 4 is 0 Å². The molecule has 1 N–H and O–H groups in total. The molecule has 0 aliphatic heterocycles. The summed E-state index contributed by atoms with van der Waals surface area (Å²) in [5.41, 5.74) is -0.261. The van der Waals surface area contributed by atoms with E-state index in [1.165, 1.54) is 0 Å². The van der Waals surface area contributed by atoms with E-state index in [4.69, 9.17) is 4.74 Å². The molecule has 2 nitrogen and oxygen atoms in total. The average Bonchev–Trinajstić information content (AvgIpc) is 2.00. The van der Waals surface area contributed by atoms with E-state index in [2.05, 4.69) is 13.8 Å². The van der Waals surface area contributed by atoms with E-state index in [1.54, 1.807) is 0 Å². The van der Waals surface area contributed by atoms with Crippen molar-refractivity contribution in [2.45, 2.75) is 52.6 Å². The lowest BCUT2D eigenvalue weighted by Gasteiger charge is -2.45. The SMILES string of the molecule is CCOCC1CCC(C)(O)CC1(C)C. The van der Waals surface area contributed by atoms with E-state index in [0.717, 1.165) is 32.5 Å². The topological polar surface area (TPSA) is 29.5 Å². The summed E-state index contributed by atoms with van der Waals surface area (Å²) in [4.78, 5) is 0. The number of hydrogen-bond acceptors (Lipinski definition) is 2. The van der Waals surface area contributed by atoms with E-state index < -0.39 is 5.60 Å². The van der Waals surface area contributed by atoms with E-state index in [0.29, 0.717) is 5.92 Å². The molecule has 0 aromatic heterocycles. The number of rotatable bonds is 3. The van der Waals surface area contributed by atoms with Gasteiger partial charge in [-0.25, -0.2) is 0 Å². The van der Waals surface area contributed by atoms with Gasteiger partial charge in [0.2, 0.25) is 0 Å². The molecule has 84 valence electrons. The highest BCUT2D eigenvalue weighted by Crippen LogP contribution is 2.45. The lowest BCUT2D eigenvalue weighted by atomic mass is 9.64. The lowest BCUT2D eigenvalue weighted by Crippen LogP contribution is -2.43. The van der Waals surface area contributed by atoms with Crippen LogP contribution < -0.4 is 0 Å². The van der Waals surface area contributed by atoms with Gasteiger partial charge in [-0.05, 0) is 44.4 Å². The summed E-state index contributed by atoms with van der Waals surface area (Å²) in [5, 5.41) is 10.0. The first-order valence-corrected chi connectivity index (χ1v) is 5.67. The minimum atomic E-state index is -0.466. The molecule has 0 radical (unpaired) electrons. The van der Waals surface area contributed by atoms with Crippen molar-refractivity contribution in [3.8, 4) is 0 Å². The number of aliphatic hydroxyl groups is 1. The highest BCUT2D eigenvalue weighted by molar-refractivity contribution is 4.92. The van der Waals surface area contributed by atoms with Crippen LogP contribution in [0.4, 0.5) is 0 Å². The fraction of sp³-hybridized carbons (Fsp3) is 1.00. The fourth-order valence-electron chi connectivity index (χ4n) is 2.66. The molecule has 1 aliphatic rings. The Kier molecular flexibility index (Phi) is 3.59. The van der Waals surface area contributed by atoms with Crippen LogP contribution >= 0.6 is 0 Å². The largest absolute Gasteiger partial charge is 0.390 e. The third-order valence-electron chi connectivity index (χ3n) is 3.50. The summed E-state index contributed by atoms with van der Waals surface area (Å²) in [6, 6.07) is 0. The zero-order chi connectivity index (χ0) is 10.8. The molecule has 0 bridgehead atoms. The van der Waals surface area contributed by atoms with Crippen molar-refractivity contribution in [1.82, 2.24) is 0 Å². The molecule has 0 saturated heterocycles. The van der Waals surface area contributed by atoms with Crippen molar-refractivity contribution in [3.05, 3.63) is 0 Å². The minimum Gasteiger partial charge on any atom is -0.390 e. The second-order valence-electron chi connectivity index (χ2n) is 5.56. The summed E-state index contributed by atoms with van der Waals surface area (Å²) in [5.74, 6) is 0.600. The van der Waals surface area contributed by atoms with Gasteiger partial charge in [-0.1, -0.05) is 13.8 Å². The Morgan fingerprint density at radius 2 is 2.00 bits per heavy atom. The first kappa shape index (κ1) is 12.0. The van der Waals surface area contributed by atoms with Gasteiger partial charge >= 0.3 is 0 Å². The maximum Gasteiger partial charge on any atom is 0.0625 e. The monoisotopic (exact) mass is 200 g/mol. The fourth-order valence-corrected chi connectivity index (χ4v) is 2.66. The summed E-state index contributed by atoms with van der Waals surface area (Å²) < 4.78 is 5.50. The molecule has 0 spiro atoms. The zero-order valence-corrected chi connectivity index (χ0v) is 9.97. The van der Waals surface area contributed by atoms with Crippen LogP contribution in [0.3, 0.4) is 0 Å². The molecular formula is C12H24O2. The molecule has 2 heteroatoms. The first-order valence-electron chi connectivity index (χ1n) is 5.67. The Bertz CT molecular complexity index is 185. The molecule has 0 aromatic carbocycles. The zero-order valence-electron chi connectivity index (χ0n) is 9.97. The Labute approximate surface area is 87.7 Å². The summed E-state index contributed by atoms with van der Waals surface area (Å²) >= 11 is 0. The van der Waals surface area contributed by atoms with Gasteiger partial charge in [0.25, 0.3) is 0 Å². The Morgan fingerprint density at radius 1 is 1.36 bits per heavy atom. The van der Waals surface area contributed by atoms with Gasteiger partial charge in [0.05, 0.1) is 5.60 Å². The van der Waals surface area contributed by atoms with Gasteiger partial charge in [-0.15, -0.1) is 0 Å². The van der Waals surface area contributed by atoms with Crippen molar-refractivity contribution in [2.75, 3.05) is 13.2 Å². The Morgan fingerprint density at radius 3 is 2.50 bits per heavy atom. The molecule has 0 amide bonds. The minimum absolute atomic E-state index is 0.205. The highest BCUT2D eigenvalue weighted by atomic mass is 16.5. The highest BCUT2D eigenvalue weighted by Gasteiger charge is 2.41. The van der Waals surface area contributed by atoms with Crippen molar-refractivity contribution in [3.63, 3.8) is 0 Å². The second kappa shape index (κ2) is 4.19. The van der Waals surface area contributed by atoms with Crippen LogP contribution in [0.1, 0.15) is 47.0 Å². The van der Waals surface area contributed by atoms with Crippen LogP contribution in [-0.4, -0.2) is 23.9 Å². The maximum absolute atomic E-state index is 10.0. The third-order valence-corrected chi connectivity index (χ3v) is 3.50. The van der Waals surface area contributed by atoms with Crippen molar-refractivity contribution in [2.24, 2.45) is 11.3 Å². The standard InChI is InChI=1S/C12H24O2/c1-5-14-8-10-6-7-12(4,13)9-11(10,2)3/h10,13H,5-9H2,1-4H3. The second-order valence-corrected chi connectivity index (χ2v) is 5.56. The van der Waals surface area contributed by atoms with Crippen LogP contribution in [0.2, 0.25) is 0 Å². The Balaban J connectivity index is 2.54. The van der Waals surface area contributed by atoms with Gasteiger partial charge < -0.3 is 9.84 Å². The number of ether oxygens (including phenoxy) is 1. The molecule has 2 unspecified atom stereocenters. The molecular weight excluding hydrogens is 176 g/mol. The van der Waals surface area contributed by atoms with E-state index in [9.17, 15) is 5.11 Å². The molecule has 0 aromatic rings. The van der Waals surface area contributed by atoms with Gasteiger partial charge in [-0.2, -0.15) is 0 Å². The maximum atomic E-state index is 10.0. The van der Waals surface area contributed by atoms with Crippen LogP contribution in [0.5, 0.6) is 0 Å². The average molecular weight is 200 g/mol. The van der Waals surface area contributed by atoms with Crippen molar-refractivity contribution < 1.29 is 9.84 Å². The Hall–Kier alpha value is -0.0800. The van der Waals surface area contributed by atoms with Crippen molar-refractivity contribution in [1.29, 1.82) is 0 Å². The van der Waals surface area contributed by atoms with E-state index in [1.807, 2.05) is 13.8 Å². The van der Waals surface area contributed by atoms with Gasteiger partial charge in [-0.3, -0.25) is 0 Å². The van der Waals surface area contributed by atoms with Crippen LogP contribution in [-0.2, 0) is 4.74 Å². The predicted molar refractivity (Wildman–Crippen MR) is 58.2 cm³/mol. The number of hydrogen-bond donors (Lipinski definition) is 1. The molecule has 1 fully saturated rings. The predicted octanol–water partition coefficient (Wildman–Crippen LogP) is 2.60. The van der Waals surface area contributed by atoms with E-state index in [-0.39, 0.29) is 5.41 Å². The molecule has 1 aliphatic carbocycles. The molecule has 2 atom stereocenters. The normalized spacial score (nSPS) is 37.1. The van der Waals surface area contributed by atoms with Gasteiger partial charge in [0.15, 0.2) is 0 Å². The van der Waals surface area contributed by atoms with Gasteiger partial charge in [0, 0.05) is 13.2 Å². The summed E-state index contributed by atoms with van der Waals surface area (Å²) in [6.45, 7) is 10.1. The summed E-state index contributed by atoms with van der Waals surface area (Å²) in [6.07, 6.45) is 2.88. The summed E-state index contributed by atoms with van der Waals surface area (Å²) in [7, 11) is 0. The quantitative estimate of drug-likeness (QED) is 0.759. The van der Waals surface area contributed by atoms with Gasteiger partial charge in [0.1, 0.15) is 0 Å². The lowest BCUT2D eigenvalue weighted by molar-refractivity contribution is -0.0716. The molecule has 0 heterocycles. The molecule has 1 saturated carbocycles. The van der Waals surface area contributed by atoms with E-state index >= 15 is 0 Å². The smallest absolute Gasteiger partial charge is 0.0625 e. The molecule has 14 heavy (non-hydrogen) atoms. The van der Waals surface area contributed by atoms with Crippen LogP contribution in [0.15, 0.2) is 0 Å². The molecule has 1 rings (SSSR count). The van der Waals surface area contributed by atoms with Crippen LogP contribution in [0, 0.1) is 11.3 Å². The van der Waals surface area contributed by atoms with Crippen LogP contribution in [0.25, 0.3) is 0 Å². The third kappa shape index (κ3) is 2.96. The first-order chi connectivity index (χ1) is 6.37.